The summed E-state index contributed by atoms with van der Waals surface area (Å²) in [7, 11) is -2.30. The molecule has 2 nitrogen and oxygen atoms in total. The van der Waals surface area contributed by atoms with Gasteiger partial charge in [0.15, 0.2) is 0 Å². The van der Waals surface area contributed by atoms with Crippen molar-refractivity contribution in [1.82, 2.24) is 0 Å². The van der Waals surface area contributed by atoms with Crippen LogP contribution < -0.4 is 0 Å². The Kier molecular flexibility index (Phi) is 2.66. The molecule has 0 bridgehead atoms. The fraction of sp³-hybridized carbons (Fsp3) is 1.00. The third kappa shape index (κ3) is 6.14. The maximum absolute atomic E-state index is 8.58. The van der Waals surface area contributed by atoms with Gasteiger partial charge in [-0.05, 0) is 11.5 Å². The summed E-state index contributed by atoms with van der Waals surface area (Å²) in [6.07, 6.45) is 0. The molecule has 0 spiro atoms. The van der Waals surface area contributed by atoms with Gasteiger partial charge in [-0.1, -0.05) is 20.8 Å². The van der Waals surface area contributed by atoms with Crippen LogP contribution in [0.25, 0.3) is 0 Å². The van der Waals surface area contributed by atoms with E-state index in [1.165, 1.54) is 0 Å². The summed E-state index contributed by atoms with van der Waals surface area (Å²) in [5.41, 5.74) is 0.0837. The molecule has 0 aromatic carbocycles. The van der Waals surface area contributed by atoms with E-state index in [1.54, 1.807) is 0 Å². The molecule has 0 saturated heterocycles. The molecule has 0 unspecified atom stereocenters. The van der Waals surface area contributed by atoms with Gasteiger partial charge in [-0.3, -0.25) is 0 Å². The average Bonchev–Trinajstić information content (AvgIpc) is 1.21. The topological polar surface area (TPSA) is 40.5 Å². The van der Waals surface area contributed by atoms with Crippen molar-refractivity contribution in [1.29, 1.82) is 0 Å². The molecule has 50 valence electrons. The zero-order valence-corrected chi connectivity index (χ0v) is 6.83. The van der Waals surface area contributed by atoms with Crippen molar-refractivity contribution >= 4 is 9.28 Å². The maximum atomic E-state index is 8.58. The molecular weight excluding hydrogens is 120 g/mol. The maximum Gasteiger partial charge on any atom is 0.316 e. The van der Waals surface area contributed by atoms with E-state index in [9.17, 15) is 0 Å². The van der Waals surface area contributed by atoms with Crippen molar-refractivity contribution in [3.8, 4) is 0 Å². The van der Waals surface area contributed by atoms with E-state index in [2.05, 4.69) is 0 Å². The molecule has 0 radical (unpaired) electrons. The average molecular weight is 134 g/mol. The Morgan fingerprint density at radius 1 is 1.25 bits per heavy atom. The van der Waals surface area contributed by atoms with Crippen molar-refractivity contribution in [3.05, 3.63) is 0 Å². The third-order valence-electron chi connectivity index (χ3n) is 0.795. The molecule has 0 amide bonds. The first-order chi connectivity index (χ1) is 3.42. The highest BCUT2D eigenvalue weighted by Gasteiger charge is 2.15. The Morgan fingerprint density at radius 2 is 1.62 bits per heavy atom. The van der Waals surface area contributed by atoms with Crippen LogP contribution in [0, 0.1) is 5.41 Å². The predicted molar refractivity (Wildman–Crippen MR) is 35.8 cm³/mol. The number of hydrogen-bond donors (Lipinski definition) is 2. The first-order valence-electron chi connectivity index (χ1n) is 2.78. The monoisotopic (exact) mass is 134 g/mol. The highest BCUT2D eigenvalue weighted by Crippen LogP contribution is 2.19. The van der Waals surface area contributed by atoms with Gasteiger partial charge in [0.25, 0.3) is 0 Å². The molecule has 0 aromatic heterocycles. The summed E-state index contributed by atoms with van der Waals surface area (Å²) in [6, 6.07) is 0.576. The Labute approximate surface area is 52.0 Å². The van der Waals surface area contributed by atoms with E-state index in [0.717, 1.165) is 0 Å². The van der Waals surface area contributed by atoms with Crippen LogP contribution in [0.4, 0.5) is 0 Å². The minimum atomic E-state index is -2.30. The summed E-state index contributed by atoms with van der Waals surface area (Å²) in [4.78, 5) is 17.2. The molecule has 8 heavy (non-hydrogen) atoms. The molecule has 0 aliphatic rings. The van der Waals surface area contributed by atoms with Gasteiger partial charge in [-0.15, -0.1) is 0 Å². The Hall–Kier alpha value is 0.137. The predicted octanol–water partition coefficient (Wildman–Crippen LogP) is 0.238. The van der Waals surface area contributed by atoms with Gasteiger partial charge in [0.2, 0.25) is 0 Å². The zero-order valence-electron chi connectivity index (χ0n) is 5.68. The molecular formula is C5H14O2Si. The summed E-state index contributed by atoms with van der Waals surface area (Å²) in [6.45, 7) is 6.00. The Morgan fingerprint density at radius 3 is 1.62 bits per heavy atom. The van der Waals surface area contributed by atoms with Crippen molar-refractivity contribution in [2.75, 3.05) is 0 Å². The molecule has 0 rings (SSSR count). The van der Waals surface area contributed by atoms with E-state index >= 15 is 0 Å². The lowest BCUT2D eigenvalue weighted by Gasteiger charge is -2.17. The molecule has 0 aromatic rings. The van der Waals surface area contributed by atoms with Gasteiger partial charge in [0, 0.05) is 0 Å². The van der Waals surface area contributed by atoms with Crippen LogP contribution in [0.15, 0.2) is 0 Å². The van der Waals surface area contributed by atoms with Crippen LogP contribution >= 0.6 is 0 Å². The lowest BCUT2D eigenvalue weighted by atomic mass is 10.0. The van der Waals surface area contributed by atoms with Gasteiger partial charge in [0.1, 0.15) is 0 Å². The Balaban J connectivity index is 3.39. The second-order valence-electron chi connectivity index (χ2n) is 3.25. The lowest BCUT2D eigenvalue weighted by molar-refractivity contribution is 0.356. The largest absolute Gasteiger partial charge is 0.413 e. The summed E-state index contributed by atoms with van der Waals surface area (Å²) < 4.78 is 0. The number of hydrogen-bond acceptors (Lipinski definition) is 2. The van der Waals surface area contributed by atoms with E-state index in [4.69, 9.17) is 9.59 Å². The normalized spacial score (nSPS) is 12.8. The fourth-order valence-electron chi connectivity index (χ4n) is 0.548. The van der Waals surface area contributed by atoms with Crippen LogP contribution in [0.2, 0.25) is 6.04 Å². The molecule has 0 heterocycles. The zero-order chi connectivity index (χ0) is 6.78. The first-order valence-corrected chi connectivity index (χ1v) is 4.63. The highest BCUT2D eigenvalue weighted by molar-refractivity contribution is 6.41. The molecule has 3 heteroatoms. The van der Waals surface area contributed by atoms with Crippen LogP contribution in [-0.4, -0.2) is 18.9 Å². The Bertz CT molecular complexity index is 65.3. The molecule has 0 aliphatic heterocycles. The standard InChI is InChI=1S/C5H14O2Si/c1-5(2,3)4-8(6)7/h6-8H,4H2,1-3H3. The summed E-state index contributed by atoms with van der Waals surface area (Å²) in [5.74, 6) is 0. The van der Waals surface area contributed by atoms with Gasteiger partial charge in [-0.2, -0.15) is 0 Å². The van der Waals surface area contributed by atoms with Crippen LogP contribution in [0.3, 0.4) is 0 Å². The molecule has 2 N–H and O–H groups in total. The van der Waals surface area contributed by atoms with E-state index in [-0.39, 0.29) is 5.41 Å². The third-order valence-corrected chi connectivity index (χ3v) is 2.38. The smallest absolute Gasteiger partial charge is 0.316 e. The van der Waals surface area contributed by atoms with Crippen molar-refractivity contribution in [3.63, 3.8) is 0 Å². The van der Waals surface area contributed by atoms with Crippen molar-refractivity contribution < 1.29 is 9.59 Å². The summed E-state index contributed by atoms with van der Waals surface area (Å²) in [5, 5.41) is 0. The van der Waals surface area contributed by atoms with Crippen molar-refractivity contribution in [2.24, 2.45) is 5.41 Å². The first kappa shape index (κ1) is 8.14. The van der Waals surface area contributed by atoms with E-state index in [1.807, 2.05) is 20.8 Å². The van der Waals surface area contributed by atoms with Crippen molar-refractivity contribution in [2.45, 2.75) is 26.8 Å². The minimum Gasteiger partial charge on any atom is -0.413 e. The van der Waals surface area contributed by atoms with Gasteiger partial charge in [0.05, 0.1) is 0 Å². The SMILES string of the molecule is CC(C)(C)C[SiH](O)O. The quantitative estimate of drug-likeness (QED) is 0.504. The lowest BCUT2D eigenvalue weighted by Crippen LogP contribution is -2.19. The molecule has 0 aliphatic carbocycles. The van der Waals surface area contributed by atoms with Crippen LogP contribution in [0.5, 0.6) is 0 Å². The van der Waals surface area contributed by atoms with Crippen LogP contribution in [-0.2, 0) is 0 Å². The summed E-state index contributed by atoms with van der Waals surface area (Å²) >= 11 is 0. The van der Waals surface area contributed by atoms with Gasteiger partial charge in [-0.25, -0.2) is 0 Å². The van der Waals surface area contributed by atoms with E-state index < -0.39 is 9.28 Å². The second-order valence-corrected chi connectivity index (χ2v) is 4.61. The second kappa shape index (κ2) is 2.62. The van der Waals surface area contributed by atoms with E-state index in [0.29, 0.717) is 6.04 Å². The number of rotatable bonds is 1. The molecule has 0 saturated carbocycles. The highest BCUT2D eigenvalue weighted by atomic mass is 28.3. The fourth-order valence-corrected chi connectivity index (χ4v) is 1.64. The van der Waals surface area contributed by atoms with Gasteiger partial charge >= 0.3 is 9.28 Å². The molecule has 0 fully saturated rings. The van der Waals surface area contributed by atoms with Crippen LogP contribution in [0.1, 0.15) is 20.8 Å². The minimum absolute atomic E-state index is 0.0837. The molecule has 0 atom stereocenters. The van der Waals surface area contributed by atoms with Gasteiger partial charge < -0.3 is 9.59 Å².